The number of aliphatic hydroxyl groups is 1. The third kappa shape index (κ3) is 2.59. The monoisotopic (exact) mass is 230 g/mol. The molecule has 0 amide bonds. The van der Waals surface area contributed by atoms with Gasteiger partial charge in [0.2, 0.25) is 0 Å². The van der Waals surface area contributed by atoms with Gasteiger partial charge in [0, 0.05) is 0 Å². The van der Waals surface area contributed by atoms with Gasteiger partial charge in [-0.05, 0) is 22.6 Å². The van der Waals surface area contributed by atoms with Crippen LogP contribution in [0.3, 0.4) is 0 Å². The minimum Gasteiger partial charge on any atom is -0.466 e. The van der Waals surface area contributed by atoms with E-state index in [9.17, 15) is 5.11 Å². The molecule has 17 heavy (non-hydrogen) atoms. The lowest BCUT2D eigenvalue weighted by Gasteiger charge is -2.14. The Balaban J connectivity index is 2.27. The van der Waals surface area contributed by atoms with Crippen molar-refractivity contribution in [3.8, 4) is 0 Å². The SMILES string of the molecule is CC(C)(C)c1coc(C(O)c2ccccc2)c1. The molecule has 1 heterocycles. The van der Waals surface area contributed by atoms with E-state index in [0.717, 1.165) is 11.1 Å². The summed E-state index contributed by atoms with van der Waals surface area (Å²) in [6.07, 6.45) is 1.04. The quantitative estimate of drug-likeness (QED) is 0.854. The fourth-order valence-electron chi connectivity index (χ4n) is 1.69. The van der Waals surface area contributed by atoms with Crippen LogP contribution < -0.4 is 0 Å². The molecule has 0 saturated heterocycles. The molecule has 0 aliphatic carbocycles. The highest BCUT2D eigenvalue weighted by molar-refractivity contribution is 5.28. The Morgan fingerprint density at radius 1 is 1.12 bits per heavy atom. The first-order chi connectivity index (χ1) is 7.98. The summed E-state index contributed by atoms with van der Waals surface area (Å²) in [4.78, 5) is 0. The molecule has 2 aromatic rings. The van der Waals surface area contributed by atoms with Gasteiger partial charge in [0.05, 0.1) is 6.26 Å². The highest BCUT2D eigenvalue weighted by Gasteiger charge is 2.20. The molecule has 1 unspecified atom stereocenters. The summed E-state index contributed by atoms with van der Waals surface area (Å²) in [6.45, 7) is 6.36. The van der Waals surface area contributed by atoms with E-state index in [1.807, 2.05) is 36.4 Å². The Bertz CT molecular complexity index is 477. The maximum absolute atomic E-state index is 10.2. The van der Waals surface area contributed by atoms with Crippen LogP contribution in [0.1, 0.15) is 43.8 Å². The van der Waals surface area contributed by atoms with E-state index >= 15 is 0 Å². The number of aliphatic hydroxyl groups excluding tert-OH is 1. The largest absolute Gasteiger partial charge is 0.466 e. The van der Waals surface area contributed by atoms with Gasteiger partial charge in [-0.1, -0.05) is 51.1 Å². The van der Waals surface area contributed by atoms with Crippen LogP contribution in [0.15, 0.2) is 47.1 Å². The number of hydrogen-bond acceptors (Lipinski definition) is 2. The Morgan fingerprint density at radius 2 is 1.76 bits per heavy atom. The lowest BCUT2D eigenvalue weighted by Crippen LogP contribution is -2.09. The molecule has 1 N–H and O–H groups in total. The molecular formula is C15H18O2. The fraction of sp³-hybridized carbons (Fsp3) is 0.333. The van der Waals surface area contributed by atoms with E-state index < -0.39 is 6.10 Å². The summed E-state index contributed by atoms with van der Waals surface area (Å²) >= 11 is 0. The maximum Gasteiger partial charge on any atom is 0.137 e. The van der Waals surface area contributed by atoms with Gasteiger partial charge in [-0.25, -0.2) is 0 Å². The topological polar surface area (TPSA) is 33.4 Å². The normalized spacial score (nSPS) is 13.6. The van der Waals surface area contributed by atoms with Gasteiger partial charge in [0.1, 0.15) is 11.9 Å². The molecule has 1 aromatic heterocycles. The van der Waals surface area contributed by atoms with Crippen molar-refractivity contribution in [3.05, 3.63) is 59.5 Å². The van der Waals surface area contributed by atoms with Crippen molar-refractivity contribution in [2.24, 2.45) is 0 Å². The lowest BCUT2D eigenvalue weighted by molar-refractivity contribution is 0.189. The molecule has 2 heteroatoms. The van der Waals surface area contributed by atoms with E-state index in [2.05, 4.69) is 20.8 Å². The van der Waals surface area contributed by atoms with Gasteiger partial charge in [0.25, 0.3) is 0 Å². The Kier molecular flexibility index (Phi) is 3.07. The maximum atomic E-state index is 10.2. The molecule has 0 saturated carbocycles. The Labute approximate surface area is 102 Å². The summed E-state index contributed by atoms with van der Waals surface area (Å²) in [7, 11) is 0. The third-order valence-corrected chi connectivity index (χ3v) is 2.87. The van der Waals surface area contributed by atoms with E-state index in [-0.39, 0.29) is 5.41 Å². The minimum absolute atomic E-state index is 0.0398. The molecule has 0 aliphatic heterocycles. The van der Waals surface area contributed by atoms with E-state index in [0.29, 0.717) is 5.76 Å². The van der Waals surface area contributed by atoms with Crippen LogP contribution >= 0.6 is 0 Å². The molecular weight excluding hydrogens is 212 g/mol. The zero-order valence-corrected chi connectivity index (χ0v) is 10.5. The van der Waals surface area contributed by atoms with Gasteiger partial charge in [-0.3, -0.25) is 0 Å². The van der Waals surface area contributed by atoms with Crippen LogP contribution in [0.25, 0.3) is 0 Å². The van der Waals surface area contributed by atoms with Crippen LogP contribution in [0, 0.1) is 0 Å². The highest BCUT2D eigenvalue weighted by atomic mass is 16.4. The third-order valence-electron chi connectivity index (χ3n) is 2.87. The molecule has 0 fully saturated rings. The number of hydrogen-bond donors (Lipinski definition) is 1. The number of rotatable bonds is 2. The summed E-state index contributed by atoms with van der Waals surface area (Å²) in [5, 5.41) is 10.2. The summed E-state index contributed by atoms with van der Waals surface area (Å²) in [6, 6.07) is 11.5. The molecule has 0 bridgehead atoms. The van der Waals surface area contributed by atoms with Gasteiger partial charge in [-0.2, -0.15) is 0 Å². The first-order valence-corrected chi connectivity index (χ1v) is 5.80. The molecule has 1 atom stereocenters. The molecule has 0 aliphatic rings. The van der Waals surface area contributed by atoms with Crippen LogP contribution in [0.5, 0.6) is 0 Å². The van der Waals surface area contributed by atoms with Crippen molar-refractivity contribution in [1.29, 1.82) is 0 Å². The van der Waals surface area contributed by atoms with Gasteiger partial charge < -0.3 is 9.52 Å². The van der Waals surface area contributed by atoms with Crippen molar-refractivity contribution in [2.45, 2.75) is 32.3 Å². The molecule has 0 spiro atoms. The average Bonchev–Trinajstić information content (AvgIpc) is 2.78. The summed E-state index contributed by atoms with van der Waals surface area (Å²) in [5.41, 5.74) is 1.99. The second-order valence-corrected chi connectivity index (χ2v) is 5.30. The van der Waals surface area contributed by atoms with Crippen molar-refractivity contribution in [1.82, 2.24) is 0 Å². The van der Waals surface area contributed by atoms with Crippen LogP contribution in [-0.4, -0.2) is 5.11 Å². The summed E-state index contributed by atoms with van der Waals surface area (Å²) < 4.78 is 5.46. The van der Waals surface area contributed by atoms with Crippen LogP contribution in [0.4, 0.5) is 0 Å². The first kappa shape index (κ1) is 11.9. The molecule has 0 radical (unpaired) electrons. The van der Waals surface area contributed by atoms with Gasteiger partial charge in [-0.15, -0.1) is 0 Å². The second-order valence-electron chi connectivity index (χ2n) is 5.30. The smallest absolute Gasteiger partial charge is 0.137 e. The average molecular weight is 230 g/mol. The Morgan fingerprint density at radius 3 is 2.29 bits per heavy atom. The van der Waals surface area contributed by atoms with E-state index in [4.69, 9.17) is 4.42 Å². The van der Waals surface area contributed by atoms with Crippen LogP contribution in [-0.2, 0) is 5.41 Å². The lowest BCUT2D eigenvalue weighted by atomic mass is 9.89. The van der Waals surface area contributed by atoms with Crippen molar-refractivity contribution < 1.29 is 9.52 Å². The standard InChI is InChI=1S/C15H18O2/c1-15(2,3)12-9-13(17-10-12)14(16)11-7-5-4-6-8-11/h4-10,14,16H,1-3H3. The van der Waals surface area contributed by atoms with Gasteiger partial charge >= 0.3 is 0 Å². The number of furan rings is 1. The molecule has 2 nitrogen and oxygen atoms in total. The van der Waals surface area contributed by atoms with E-state index in [1.54, 1.807) is 6.26 Å². The van der Waals surface area contributed by atoms with Crippen LogP contribution in [0.2, 0.25) is 0 Å². The highest BCUT2D eigenvalue weighted by Crippen LogP contribution is 2.29. The van der Waals surface area contributed by atoms with Crippen molar-refractivity contribution >= 4 is 0 Å². The van der Waals surface area contributed by atoms with E-state index in [1.165, 1.54) is 0 Å². The Hall–Kier alpha value is -1.54. The number of benzene rings is 1. The van der Waals surface area contributed by atoms with Crippen molar-refractivity contribution in [3.63, 3.8) is 0 Å². The zero-order valence-electron chi connectivity index (χ0n) is 10.5. The predicted octanol–water partition coefficient (Wildman–Crippen LogP) is 3.66. The molecule has 2 rings (SSSR count). The second kappa shape index (κ2) is 4.38. The molecule has 90 valence electrons. The minimum atomic E-state index is -0.688. The van der Waals surface area contributed by atoms with Gasteiger partial charge in [0.15, 0.2) is 0 Å². The summed E-state index contributed by atoms with van der Waals surface area (Å²) in [5.74, 6) is 0.598. The van der Waals surface area contributed by atoms with Crippen molar-refractivity contribution in [2.75, 3.05) is 0 Å². The fourth-order valence-corrected chi connectivity index (χ4v) is 1.69. The predicted molar refractivity (Wildman–Crippen MR) is 67.9 cm³/mol. The zero-order chi connectivity index (χ0) is 12.5. The molecule has 1 aromatic carbocycles. The first-order valence-electron chi connectivity index (χ1n) is 5.80.